The van der Waals surface area contributed by atoms with E-state index in [0.29, 0.717) is 15.6 Å². The van der Waals surface area contributed by atoms with Crippen LogP contribution in [0.15, 0.2) is 72.8 Å². The molecule has 3 aromatic carbocycles. The fraction of sp³-hybridized carbons (Fsp3) is 0.125. The summed E-state index contributed by atoms with van der Waals surface area (Å²) in [4.78, 5) is 40.0. The maximum Gasteiger partial charge on any atom is 0.330 e. The molecule has 2 amide bonds. The zero-order chi connectivity index (χ0) is 22.0. The average molecular weight is 454 g/mol. The van der Waals surface area contributed by atoms with E-state index in [2.05, 4.69) is 0 Å². The minimum Gasteiger partial charge on any atom is -0.459 e. The molecule has 0 aromatic heterocycles. The van der Waals surface area contributed by atoms with Crippen LogP contribution < -0.4 is 0 Å². The van der Waals surface area contributed by atoms with E-state index in [1.165, 1.54) is 0 Å². The molecular formula is C24H17Cl2NO4. The SMILES string of the molecule is O=C(OCc1ccc(Cl)cc1Cl)[C@@H](Cc1ccccc1)N1C(=O)c2ccccc2C1=O. The minimum absolute atomic E-state index is 0.108. The second-order valence-corrected chi connectivity index (χ2v) is 7.92. The first-order valence-corrected chi connectivity index (χ1v) is 10.3. The van der Waals surface area contributed by atoms with Crippen molar-refractivity contribution in [3.05, 3.63) is 105 Å². The van der Waals surface area contributed by atoms with Gasteiger partial charge in [-0.15, -0.1) is 0 Å². The highest BCUT2D eigenvalue weighted by atomic mass is 35.5. The van der Waals surface area contributed by atoms with Crippen LogP contribution in [0.4, 0.5) is 0 Å². The molecule has 0 radical (unpaired) electrons. The largest absolute Gasteiger partial charge is 0.459 e. The summed E-state index contributed by atoms with van der Waals surface area (Å²) in [5.41, 5.74) is 1.92. The number of amides is 2. The van der Waals surface area contributed by atoms with Crippen molar-refractivity contribution in [3.63, 3.8) is 0 Å². The van der Waals surface area contributed by atoms with E-state index in [4.69, 9.17) is 27.9 Å². The monoisotopic (exact) mass is 453 g/mol. The van der Waals surface area contributed by atoms with Crippen LogP contribution in [-0.4, -0.2) is 28.7 Å². The van der Waals surface area contributed by atoms with E-state index >= 15 is 0 Å². The summed E-state index contributed by atoms with van der Waals surface area (Å²) >= 11 is 12.1. The van der Waals surface area contributed by atoms with Gasteiger partial charge >= 0.3 is 5.97 Å². The molecule has 1 heterocycles. The summed E-state index contributed by atoms with van der Waals surface area (Å²) in [6.45, 7) is -0.108. The van der Waals surface area contributed by atoms with Gasteiger partial charge in [0.05, 0.1) is 11.1 Å². The Morgan fingerprint density at radius 2 is 1.48 bits per heavy atom. The second-order valence-electron chi connectivity index (χ2n) is 7.07. The van der Waals surface area contributed by atoms with Crippen molar-refractivity contribution in [2.45, 2.75) is 19.1 Å². The first kappa shape index (κ1) is 21.1. The zero-order valence-electron chi connectivity index (χ0n) is 16.3. The topological polar surface area (TPSA) is 63.7 Å². The molecule has 3 aromatic rings. The first-order valence-electron chi connectivity index (χ1n) is 9.57. The Labute approximate surface area is 189 Å². The Morgan fingerprint density at radius 3 is 2.10 bits per heavy atom. The average Bonchev–Trinajstić information content (AvgIpc) is 3.02. The number of halogens is 2. The number of hydrogen-bond donors (Lipinski definition) is 0. The molecule has 1 aliphatic heterocycles. The van der Waals surface area contributed by atoms with Crippen LogP contribution in [0.2, 0.25) is 10.0 Å². The lowest BCUT2D eigenvalue weighted by Gasteiger charge is -2.25. The van der Waals surface area contributed by atoms with Crippen molar-refractivity contribution in [1.29, 1.82) is 0 Å². The molecule has 0 fully saturated rings. The van der Waals surface area contributed by atoms with E-state index < -0.39 is 23.8 Å². The zero-order valence-corrected chi connectivity index (χ0v) is 17.8. The quantitative estimate of drug-likeness (QED) is 0.391. The molecule has 0 bridgehead atoms. The smallest absolute Gasteiger partial charge is 0.330 e. The van der Waals surface area contributed by atoms with Gasteiger partial charge in [-0.25, -0.2) is 4.79 Å². The van der Waals surface area contributed by atoms with Crippen molar-refractivity contribution in [3.8, 4) is 0 Å². The summed E-state index contributed by atoms with van der Waals surface area (Å²) in [6, 6.07) is 19.4. The molecule has 1 atom stereocenters. The summed E-state index contributed by atoms with van der Waals surface area (Å²) < 4.78 is 5.48. The molecule has 1 aliphatic rings. The molecule has 0 unspecified atom stereocenters. The van der Waals surface area contributed by atoms with Crippen LogP contribution in [0.5, 0.6) is 0 Å². The highest BCUT2D eigenvalue weighted by Gasteiger charge is 2.43. The Balaban J connectivity index is 1.61. The Bertz CT molecular complexity index is 1130. The number of benzene rings is 3. The predicted octanol–water partition coefficient (Wildman–Crippen LogP) is 4.94. The summed E-state index contributed by atoms with van der Waals surface area (Å²) in [7, 11) is 0. The van der Waals surface area contributed by atoms with E-state index in [1.54, 1.807) is 42.5 Å². The van der Waals surface area contributed by atoms with Crippen molar-refractivity contribution >= 4 is 41.0 Å². The van der Waals surface area contributed by atoms with Crippen LogP contribution >= 0.6 is 23.2 Å². The molecule has 0 saturated heterocycles. The van der Waals surface area contributed by atoms with Crippen molar-refractivity contribution < 1.29 is 19.1 Å². The second kappa shape index (κ2) is 8.92. The van der Waals surface area contributed by atoms with Crippen LogP contribution in [0.25, 0.3) is 0 Å². The maximum atomic E-state index is 13.1. The standard InChI is InChI=1S/C24H17Cl2NO4/c25-17-11-10-16(20(26)13-17)14-31-24(30)21(12-15-6-2-1-3-7-15)27-22(28)18-8-4-5-9-19(18)23(27)29/h1-11,13,21H,12,14H2/t21-/m1/s1. The van der Waals surface area contributed by atoms with Crippen LogP contribution in [0, 0.1) is 0 Å². The van der Waals surface area contributed by atoms with E-state index in [1.807, 2.05) is 30.3 Å². The number of ether oxygens (including phenoxy) is 1. The Hall–Kier alpha value is -3.15. The third-order valence-electron chi connectivity index (χ3n) is 5.07. The van der Waals surface area contributed by atoms with Crippen molar-refractivity contribution in [2.75, 3.05) is 0 Å². The molecule has 0 N–H and O–H groups in total. The number of rotatable bonds is 6. The van der Waals surface area contributed by atoms with E-state index in [-0.39, 0.29) is 24.2 Å². The van der Waals surface area contributed by atoms with Crippen molar-refractivity contribution in [2.24, 2.45) is 0 Å². The van der Waals surface area contributed by atoms with Crippen LogP contribution in [0.3, 0.4) is 0 Å². The summed E-state index contributed by atoms with van der Waals surface area (Å²) in [6.07, 6.45) is 0.138. The number of imide groups is 1. The molecule has 0 spiro atoms. The normalized spacial score (nSPS) is 13.8. The molecule has 7 heteroatoms. The predicted molar refractivity (Wildman–Crippen MR) is 117 cm³/mol. The maximum absolute atomic E-state index is 13.1. The van der Waals surface area contributed by atoms with Gasteiger partial charge in [-0.1, -0.05) is 71.7 Å². The fourth-order valence-electron chi connectivity index (χ4n) is 3.49. The van der Waals surface area contributed by atoms with Crippen molar-refractivity contribution in [1.82, 2.24) is 4.90 Å². The van der Waals surface area contributed by atoms with Gasteiger partial charge in [-0.05, 0) is 29.8 Å². The van der Waals surface area contributed by atoms with Gasteiger partial charge in [0.2, 0.25) is 0 Å². The highest BCUT2D eigenvalue weighted by molar-refractivity contribution is 6.35. The van der Waals surface area contributed by atoms with Gasteiger partial charge in [-0.3, -0.25) is 14.5 Å². The first-order chi connectivity index (χ1) is 15.0. The highest BCUT2D eigenvalue weighted by Crippen LogP contribution is 2.27. The molecule has 5 nitrogen and oxygen atoms in total. The lowest BCUT2D eigenvalue weighted by Crippen LogP contribution is -2.47. The lowest BCUT2D eigenvalue weighted by molar-refractivity contribution is -0.149. The van der Waals surface area contributed by atoms with Gasteiger partial charge in [0, 0.05) is 22.0 Å². The third kappa shape index (κ3) is 4.33. The number of carbonyl (C=O) groups excluding carboxylic acids is 3. The number of hydrogen-bond acceptors (Lipinski definition) is 4. The number of esters is 1. The van der Waals surface area contributed by atoms with E-state index in [9.17, 15) is 14.4 Å². The number of fused-ring (bicyclic) bond motifs is 1. The molecular weight excluding hydrogens is 437 g/mol. The fourth-order valence-corrected chi connectivity index (χ4v) is 3.96. The summed E-state index contributed by atoms with van der Waals surface area (Å²) in [5.74, 6) is -1.71. The van der Waals surface area contributed by atoms with Gasteiger partial charge in [-0.2, -0.15) is 0 Å². The summed E-state index contributed by atoms with van der Waals surface area (Å²) in [5, 5.41) is 0.827. The number of nitrogens with zero attached hydrogens (tertiary/aromatic N) is 1. The lowest BCUT2D eigenvalue weighted by atomic mass is 10.0. The van der Waals surface area contributed by atoms with Gasteiger partial charge < -0.3 is 4.74 Å². The molecule has 0 aliphatic carbocycles. The van der Waals surface area contributed by atoms with Crippen LogP contribution in [0.1, 0.15) is 31.8 Å². The van der Waals surface area contributed by atoms with E-state index in [0.717, 1.165) is 10.5 Å². The van der Waals surface area contributed by atoms with Gasteiger partial charge in [0.1, 0.15) is 12.6 Å². The minimum atomic E-state index is -1.11. The molecule has 156 valence electrons. The molecule has 0 saturated carbocycles. The number of carbonyl (C=O) groups is 3. The Morgan fingerprint density at radius 1 is 0.871 bits per heavy atom. The Kier molecular flexibility index (Phi) is 6.07. The third-order valence-corrected chi connectivity index (χ3v) is 5.65. The van der Waals surface area contributed by atoms with Crippen LogP contribution in [-0.2, 0) is 22.6 Å². The molecule has 4 rings (SSSR count). The van der Waals surface area contributed by atoms with Gasteiger partial charge in [0.15, 0.2) is 0 Å². The van der Waals surface area contributed by atoms with Gasteiger partial charge in [0.25, 0.3) is 11.8 Å². The molecule has 31 heavy (non-hydrogen) atoms.